The average molecular weight is 302 g/mol. The van der Waals surface area contributed by atoms with Crippen molar-refractivity contribution >= 4 is 23.3 Å². The molecular weight excluding hydrogens is 282 g/mol. The molecule has 112 valence electrons. The van der Waals surface area contributed by atoms with Crippen molar-refractivity contribution in [1.29, 1.82) is 0 Å². The molecule has 0 aromatic carbocycles. The molecule has 1 rings (SSSR count). The van der Waals surface area contributed by atoms with Gasteiger partial charge in [0.2, 0.25) is 0 Å². The highest BCUT2D eigenvalue weighted by atomic mass is 35.5. The van der Waals surface area contributed by atoms with Crippen molar-refractivity contribution in [2.45, 2.75) is 32.7 Å². The quantitative estimate of drug-likeness (QED) is 0.442. The summed E-state index contributed by atoms with van der Waals surface area (Å²) in [6, 6.07) is 2.93. The van der Waals surface area contributed by atoms with E-state index >= 15 is 0 Å². The highest BCUT2D eigenvalue weighted by molar-refractivity contribution is 6.18. The number of nitro groups is 1. The molecule has 0 fully saturated rings. The van der Waals surface area contributed by atoms with Crippen LogP contribution in [0.4, 0.5) is 5.82 Å². The van der Waals surface area contributed by atoms with Crippen LogP contribution in [0.5, 0.6) is 0 Å². The van der Waals surface area contributed by atoms with Gasteiger partial charge in [-0.1, -0.05) is 13.8 Å². The predicted molar refractivity (Wildman–Crippen MR) is 78.2 cm³/mol. The third-order valence-electron chi connectivity index (χ3n) is 3.47. The second-order valence-electron chi connectivity index (χ2n) is 4.55. The van der Waals surface area contributed by atoms with Crippen molar-refractivity contribution in [3.05, 3.63) is 27.9 Å². The summed E-state index contributed by atoms with van der Waals surface area (Å²) < 4.78 is 1.31. The minimum Gasteiger partial charge on any atom is -0.358 e. The van der Waals surface area contributed by atoms with Crippen molar-refractivity contribution in [3.8, 4) is 0 Å². The normalized spacial score (nSPS) is 10.8. The molecule has 0 saturated heterocycles. The molecule has 20 heavy (non-hydrogen) atoms. The van der Waals surface area contributed by atoms with Crippen LogP contribution in [0.25, 0.3) is 0 Å². The van der Waals surface area contributed by atoms with E-state index in [2.05, 4.69) is 0 Å². The molecule has 0 radical (unpaired) electrons. The fourth-order valence-electron chi connectivity index (χ4n) is 2.32. The first kappa shape index (κ1) is 16.5. The molecule has 0 spiro atoms. The van der Waals surface area contributed by atoms with Gasteiger partial charge in [-0.3, -0.25) is 4.79 Å². The fourth-order valence-corrected chi connectivity index (χ4v) is 2.50. The largest absolute Gasteiger partial charge is 0.358 e. The molecule has 6 nitrogen and oxygen atoms in total. The van der Waals surface area contributed by atoms with Crippen LogP contribution in [-0.4, -0.2) is 38.8 Å². The van der Waals surface area contributed by atoms with Gasteiger partial charge in [0.15, 0.2) is 5.69 Å². The van der Waals surface area contributed by atoms with E-state index in [4.69, 9.17) is 11.6 Å². The molecule has 0 aliphatic carbocycles. The number of aromatic nitrogens is 1. The van der Waals surface area contributed by atoms with E-state index in [9.17, 15) is 14.9 Å². The Morgan fingerprint density at radius 1 is 1.45 bits per heavy atom. The SMILES string of the molecule is CCC(CC)N(CCCl)C(=O)c1ccc([N+](=O)[O-])n1C. The monoisotopic (exact) mass is 301 g/mol. The highest BCUT2D eigenvalue weighted by Gasteiger charge is 2.28. The van der Waals surface area contributed by atoms with Gasteiger partial charge in [-0.25, -0.2) is 4.57 Å². The van der Waals surface area contributed by atoms with E-state index in [1.165, 1.54) is 23.7 Å². The number of rotatable bonds is 7. The summed E-state index contributed by atoms with van der Waals surface area (Å²) in [4.78, 5) is 24.6. The van der Waals surface area contributed by atoms with E-state index in [1.54, 1.807) is 4.90 Å². The van der Waals surface area contributed by atoms with Crippen LogP contribution in [0.1, 0.15) is 37.2 Å². The zero-order chi connectivity index (χ0) is 15.3. The van der Waals surface area contributed by atoms with Crippen LogP contribution in [0, 0.1) is 10.1 Å². The Labute approximate surface area is 123 Å². The third-order valence-corrected chi connectivity index (χ3v) is 3.64. The van der Waals surface area contributed by atoms with Gasteiger partial charge in [0.1, 0.15) is 0 Å². The van der Waals surface area contributed by atoms with Gasteiger partial charge in [0.05, 0.1) is 7.05 Å². The van der Waals surface area contributed by atoms with Crippen LogP contribution >= 0.6 is 11.6 Å². The molecule has 1 aromatic heterocycles. The van der Waals surface area contributed by atoms with Crippen LogP contribution in [0.2, 0.25) is 0 Å². The first-order valence-corrected chi connectivity index (χ1v) is 7.18. The Bertz CT molecular complexity index is 483. The zero-order valence-corrected chi connectivity index (χ0v) is 12.8. The molecule has 0 atom stereocenters. The van der Waals surface area contributed by atoms with Gasteiger partial charge >= 0.3 is 5.82 Å². The lowest BCUT2D eigenvalue weighted by Gasteiger charge is -2.29. The van der Waals surface area contributed by atoms with Crippen molar-refractivity contribution in [3.63, 3.8) is 0 Å². The number of carbonyl (C=O) groups excluding carboxylic acids is 1. The molecule has 0 unspecified atom stereocenters. The first-order valence-electron chi connectivity index (χ1n) is 6.64. The third kappa shape index (κ3) is 3.30. The topological polar surface area (TPSA) is 68.4 Å². The number of halogens is 1. The number of nitrogens with zero attached hydrogens (tertiary/aromatic N) is 3. The Morgan fingerprint density at radius 3 is 2.45 bits per heavy atom. The Morgan fingerprint density at radius 2 is 2.05 bits per heavy atom. The smallest absolute Gasteiger partial charge is 0.323 e. The van der Waals surface area contributed by atoms with Crippen molar-refractivity contribution in [2.24, 2.45) is 7.05 Å². The molecule has 1 amide bonds. The Kier molecular flexibility index (Phi) is 6.01. The molecule has 7 heteroatoms. The highest BCUT2D eigenvalue weighted by Crippen LogP contribution is 2.19. The minimum absolute atomic E-state index is 0.0928. The van der Waals surface area contributed by atoms with Crippen LogP contribution < -0.4 is 0 Å². The summed E-state index contributed by atoms with van der Waals surface area (Å²) in [5.74, 6) is 0.0352. The predicted octanol–water partition coefficient (Wildman–Crippen LogP) is 2.80. The van der Waals surface area contributed by atoms with Crippen molar-refractivity contribution in [2.75, 3.05) is 12.4 Å². The lowest BCUT2D eigenvalue weighted by Crippen LogP contribution is -2.41. The van der Waals surface area contributed by atoms with Crippen LogP contribution in [-0.2, 0) is 7.05 Å². The van der Waals surface area contributed by atoms with Gasteiger partial charge in [-0.15, -0.1) is 11.6 Å². The maximum Gasteiger partial charge on any atom is 0.323 e. The minimum atomic E-state index is -0.500. The van der Waals surface area contributed by atoms with E-state index < -0.39 is 4.92 Å². The molecule has 1 heterocycles. The number of alkyl halides is 1. The van der Waals surface area contributed by atoms with E-state index in [1.807, 2.05) is 13.8 Å². The van der Waals surface area contributed by atoms with Gasteiger partial charge in [-0.05, 0) is 23.8 Å². The van der Waals surface area contributed by atoms with Crippen LogP contribution in [0.3, 0.4) is 0 Å². The second-order valence-corrected chi connectivity index (χ2v) is 4.93. The summed E-state index contributed by atoms with van der Waals surface area (Å²) >= 11 is 5.77. The summed E-state index contributed by atoms with van der Waals surface area (Å²) in [6.07, 6.45) is 1.65. The summed E-state index contributed by atoms with van der Waals surface area (Å²) in [6.45, 7) is 4.46. The van der Waals surface area contributed by atoms with Gasteiger partial charge in [0.25, 0.3) is 5.91 Å². The van der Waals surface area contributed by atoms with E-state index in [0.29, 0.717) is 18.1 Å². The van der Waals surface area contributed by atoms with Gasteiger partial charge < -0.3 is 15.0 Å². The van der Waals surface area contributed by atoms with Crippen LogP contribution in [0.15, 0.2) is 12.1 Å². The van der Waals surface area contributed by atoms with E-state index in [0.717, 1.165) is 12.8 Å². The fraction of sp³-hybridized carbons (Fsp3) is 0.615. The number of carbonyl (C=O) groups is 1. The summed E-state index contributed by atoms with van der Waals surface area (Å²) in [5.41, 5.74) is 0.314. The molecular formula is C13H20ClN3O3. The average Bonchev–Trinajstić information content (AvgIpc) is 2.80. The second kappa shape index (κ2) is 7.28. The van der Waals surface area contributed by atoms with Gasteiger partial charge in [-0.2, -0.15) is 0 Å². The molecule has 0 aliphatic heterocycles. The van der Waals surface area contributed by atoms with Crippen molar-refractivity contribution < 1.29 is 9.72 Å². The number of hydrogen-bond donors (Lipinski definition) is 0. The lowest BCUT2D eigenvalue weighted by molar-refractivity contribution is -0.391. The molecule has 0 saturated carbocycles. The molecule has 0 N–H and O–H groups in total. The molecule has 0 aliphatic rings. The Hall–Kier alpha value is -1.56. The molecule has 0 bridgehead atoms. The summed E-state index contributed by atoms with van der Waals surface area (Å²) in [5, 5.41) is 10.8. The van der Waals surface area contributed by atoms with Crippen molar-refractivity contribution in [1.82, 2.24) is 9.47 Å². The number of amides is 1. The summed E-state index contributed by atoms with van der Waals surface area (Å²) in [7, 11) is 1.52. The lowest BCUT2D eigenvalue weighted by atomic mass is 10.1. The Balaban J connectivity index is 3.09. The standard InChI is InChI=1S/C13H20ClN3O3/c1-4-10(5-2)16(9-8-14)13(18)11-6-7-12(15(11)3)17(19)20/h6-7,10H,4-5,8-9H2,1-3H3. The maximum atomic E-state index is 12.6. The first-order chi connectivity index (χ1) is 9.47. The zero-order valence-electron chi connectivity index (χ0n) is 12.0. The van der Waals surface area contributed by atoms with Gasteiger partial charge in [0, 0.05) is 24.5 Å². The van der Waals surface area contributed by atoms with E-state index in [-0.39, 0.29) is 17.8 Å². The number of hydrogen-bond acceptors (Lipinski definition) is 3. The maximum absolute atomic E-state index is 12.6. The molecule has 1 aromatic rings.